The Hall–Kier alpha value is -4.24. The van der Waals surface area contributed by atoms with E-state index < -0.39 is 75.9 Å². The number of carbonyl (C=O) groups excluding carboxylic acids is 2. The van der Waals surface area contributed by atoms with Crippen molar-refractivity contribution in [1.29, 1.82) is 0 Å². The minimum Gasteiger partial charge on any atom is -0.503 e. The number of aromatic hydroxyl groups is 1. The van der Waals surface area contributed by atoms with Crippen molar-refractivity contribution in [2.24, 2.45) is 5.73 Å². The second-order valence-corrected chi connectivity index (χ2v) is 10.3. The molecule has 12 nitrogen and oxygen atoms in total. The normalized spacial score (nSPS) is 26.2. The molecule has 4 atom stereocenters. The predicted octanol–water partition coefficient (Wildman–Crippen LogP) is 1.62. The second-order valence-electron chi connectivity index (χ2n) is 10.3. The highest BCUT2D eigenvalue weighted by atomic mass is 19.1. The van der Waals surface area contributed by atoms with Crippen molar-refractivity contribution in [2.45, 2.75) is 56.6 Å². The Morgan fingerprint density at radius 2 is 1.88 bits per heavy atom. The van der Waals surface area contributed by atoms with Crippen LogP contribution in [0, 0.1) is 17.5 Å². The summed E-state index contributed by atoms with van der Waals surface area (Å²) in [5, 5.41) is 20.4. The molecule has 3 aliphatic rings. The van der Waals surface area contributed by atoms with E-state index in [0.717, 1.165) is 6.20 Å². The van der Waals surface area contributed by atoms with Gasteiger partial charge in [-0.15, -0.1) is 0 Å². The number of aromatic nitrogens is 4. The van der Waals surface area contributed by atoms with E-state index in [1.54, 1.807) is 0 Å². The molecule has 2 aromatic heterocycles. The van der Waals surface area contributed by atoms with E-state index in [9.17, 15) is 32.7 Å². The molecule has 1 aromatic carbocycles. The summed E-state index contributed by atoms with van der Waals surface area (Å²) in [7, 11) is 0. The Morgan fingerprint density at radius 3 is 2.52 bits per heavy atom. The van der Waals surface area contributed by atoms with E-state index in [2.05, 4.69) is 10.2 Å². The summed E-state index contributed by atoms with van der Waals surface area (Å²) in [6.45, 7) is 1.46. The number of nitrogens with zero attached hydrogens (tertiary/aromatic N) is 6. The Morgan fingerprint density at radius 1 is 1.20 bits per heavy atom. The van der Waals surface area contributed by atoms with Crippen LogP contribution in [0.1, 0.15) is 64.8 Å². The molecule has 40 heavy (non-hydrogen) atoms. The topological polar surface area (TPSA) is 149 Å². The summed E-state index contributed by atoms with van der Waals surface area (Å²) in [5.74, 6) is -5.86. The monoisotopic (exact) mass is 559 g/mol. The van der Waals surface area contributed by atoms with E-state index >= 15 is 0 Å². The van der Waals surface area contributed by atoms with Crippen LogP contribution in [0.5, 0.6) is 5.75 Å². The molecular formula is C25H24F3N7O5. The molecule has 0 radical (unpaired) electrons. The van der Waals surface area contributed by atoms with Gasteiger partial charge in [0.1, 0.15) is 34.8 Å². The number of carbonyl (C=O) groups is 2. The Kier molecular flexibility index (Phi) is 5.96. The lowest BCUT2D eigenvalue weighted by atomic mass is 9.85. The van der Waals surface area contributed by atoms with Crippen LogP contribution in [0.15, 0.2) is 35.5 Å². The first-order valence-electron chi connectivity index (χ1n) is 12.5. The van der Waals surface area contributed by atoms with Crippen molar-refractivity contribution in [1.82, 2.24) is 29.5 Å². The van der Waals surface area contributed by atoms with Gasteiger partial charge >= 0.3 is 0 Å². The SMILES string of the molecule is C[C@H]1CC[C@]2(CC(n3nccn3)N(Cc3c(F)cc(F)cc3F)O2)[C@H]2CN1C(=O)c1c(O)c(=O)c(C(N)=O)cn12. The van der Waals surface area contributed by atoms with Crippen molar-refractivity contribution in [3.63, 3.8) is 0 Å². The van der Waals surface area contributed by atoms with Crippen LogP contribution in [0.4, 0.5) is 13.2 Å². The van der Waals surface area contributed by atoms with Crippen LogP contribution in [-0.4, -0.2) is 64.6 Å². The smallest absolute Gasteiger partial charge is 0.274 e. The van der Waals surface area contributed by atoms with Gasteiger partial charge in [0.05, 0.1) is 25.0 Å². The van der Waals surface area contributed by atoms with E-state index in [4.69, 9.17) is 10.6 Å². The van der Waals surface area contributed by atoms with E-state index in [1.807, 2.05) is 6.92 Å². The van der Waals surface area contributed by atoms with E-state index in [0.29, 0.717) is 25.0 Å². The third-order valence-electron chi connectivity index (χ3n) is 8.05. The zero-order valence-electron chi connectivity index (χ0n) is 21.1. The fourth-order valence-corrected chi connectivity index (χ4v) is 6.00. The van der Waals surface area contributed by atoms with Crippen LogP contribution in [0.2, 0.25) is 0 Å². The molecule has 2 amide bonds. The van der Waals surface area contributed by atoms with Gasteiger partial charge < -0.3 is 20.3 Å². The van der Waals surface area contributed by atoms with Crippen LogP contribution in [0.3, 0.4) is 0 Å². The van der Waals surface area contributed by atoms with Crippen LogP contribution >= 0.6 is 0 Å². The molecule has 1 spiro atoms. The van der Waals surface area contributed by atoms with Crippen molar-refractivity contribution in [3.05, 3.63) is 75.2 Å². The Bertz CT molecular complexity index is 1570. The highest BCUT2D eigenvalue weighted by Gasteiger charge is 2.57. The number of benzene rings is 1. The first-order valence-corrected chi connectivity index (χ1v) is 12.5. The predicted molar refractivity (Wildman–Crippen MR) is 129 cm³/mol. The Balaban J connectivity index is 1.50. The molecule has 3 N–H and O–H groups in total. The third-order valence-corrected chi connectivity index (χ3v) is 8.05. The number of hydrogen-bond acceptors (Lipinski definition) is 8. The number of primary amides is 1. The maximum absolute atomic E-state index is 14.7. The largest absolute Gasteiger partial charge is 0.503 e. The van der Waals surface area contributed by atoms with Crippen molar-refractivity contribution < 1.29 is 32.7 Å². The lowest BCUT2D eigenvalue weighted by Crippen LogP contribution is -2.52. The highest BCUT2D eigenvalue weighted by molar-refractivity contribution is 5.99. The number of hydroxylamine groups is 2. The molecule has 2 fully saturated rings. The molecule has 6 rings (SSSR count). The number of rotatable bonds is 4. The van der Waals surface area contributed by atoms with Gasteiger partial charge in [0.15, 0.2) is 11.4 Å². The van der Waals surface area contributed by atoms with E-state index in [1.165, 1.54) is 31.7 Å². The van der Waals surface area contributed by atoms with Gasteiger partial charge in [-0.25, -0.2) is 13.2 Å². The zero-order valence-corrected chi connectivity index (χ0v) is 21.1. The maximum Gasteiger partial charge on any atom is 0.274 e. The third kappa shape index (κ3) is 3.87. The highest BCUT2D eigenvalue weighted by Crippen LogP contribution is 2.51. The summed E-state index contributed by atoms with van der Waals surface area (Å²) in [5.41, 5.74) is 1.89. The lowest BCUT2D eigenvalue weighted by Gasteiger charge is -2.42. The van der Waals surface area contributed by atoms with Gasteiger partial charge in [-0.2, -0.15) is 20.1 Å². The Labute approximate surface area is 224 Å². The number of fused-ring (bicyclic) bond motifs is 5. The van der Waals surface area contributed by atoms with Crippen LogP contribution < -0.4 is 11.2 Å². The molecule has 5 heterocycles. The molecule has 210 valence electrons. The molecule has 3 aliphatic heterocycles. The quantitative estimate of drug-likeness (QED) is 0.490. The number of halogens is 3. The summed E-state index contributed by atoms with van der Waals surface area (Å²) in [6, 6.07) is 0.0638. The fourth-order valence-electron chi connectivity index (χ4n) is 6.00. The number of amides is 2. The molecule has 0 aliphatic carbocycles. The van der Waals surface area contributed by atoms with Gasteiger partial charge in [-0.1, -0.05) is 0 Å². The summed E-state index contributed by atoms with van der Waals surface area (Å²) in [4.78, 5) is 47.5. The summed E-state index contributed by atoms with van der Waals surface area (Å²) in [6.07, 6.45) is 4.14. The van der Waals surface area contributed by atoms with Crippen molar-refractivity contribution in [3.8, 4) is 5.75 Å². The van der Waals surface area contributed by atoms with Crippen molar-refractivity contribution >= 4 is 11.8 Å². The molecule has 2 bridgehead atoms. The van der Waals surface area contributed by atoms with E-state index in [-0.39, 0.29) is 24.7 Å². The van der Waals surface area contributed by atoms with Gasteiger partial charge in [0.25, 0.3) is 11.8 Å². The summed E-state index contributed by atoms with van der Waals surface area (Å²) >= 11 is 0. The fraction of sp³-hybridized carbons (Fsp3) is 0.400. The second kappa shape index (κ2) is 9.16. The average Bonchev–Trinajstić information content (AvgIpc) is 3.52. The van der Waals surface area contributed by atoms with Gasteiger partial charge in [-0.05, 0) is 19.8 Å². The van der Waals surface area contributed by atoms with Gasteiger partial charge in [0, 0.05) is 42.9 Å². The minimum absolute atomic E-state index is 0.0832. The number of nitrogens with two attached hydrogens (primary N) is 1. The van der Waals surface area contributed by atoms with Gasteiger partial charge in [-0.3, -0.25) is 19.2 Å². The number of pyridine rings is 1. The molecular weight excluding hydrogens is 535 g/mol. The number of hydrogen-bond donors (Lipinski definition) is 2. The maximum atomic E-state index is 14.7. The first-order chi connectivity index (χ1) is 19.0. The molecule has 15 heteroatoms. The molecule has 1 unspecified atom stereocenters. The lowest BCUT2D eigenvalue weighted by molar-refractivity contribution is -0.236. The standard InChI is InChI=1S/C25H24F3N7O5/c1-12-2-3-25(18-11-32(12)24(39)20-22(37)21(36)15(23(29)38)9-33(18)20)8-19(35-30-4-5-31-35)34(40-25)10-14-16(27)6-13(26)7-17(14)28/h4-7,9,12,18-19,37H,2-3,8,10-11H2,1H3,(H2,29,38)/t12-,18+,19?,25-/m0/s1. The molecule has 0 saturated carbocycles. The first kappa shape index (κ1) is 26.0. The van der Waals surface area contributed by atoms with Gasteiger partial charge in [0.2, 0.25) is 5.43 Å². The average molecular weight is 560 g/mol. The minimum atomic E-state index is -1.18. The van der Waals surface area contributed by atoms with Crippen LogP contribution in [-0.2, 0) is 11.4 Å². The molecule has 3 aromatic rings. The molecule has 2 saturated heterocycles. The summed E-state index contributed by atoms with van der Waals surface area (Å²) < 4.78 is 44.3. The zero-order chi connectivity index (χ0) is 28.5. The van der Waals surface area contributed by atoms with Crippen molar-refractivity contribution in [2.75, 3.05) is 6.54 Å². The van der Waals surface area contributed by atoms with Crippen LogP contribution in [0.25, 0.3) is 0 Å².